The summed E-state index contributed by atoms with van der Waals surface area (Å²) >= 11 is 25.0. The Labute approximate surface area is 215 Å². The second kappa shape index (κ2) is 9.62. The van der Waals surface area contributed by atoms with E-state index in [1.54, 1.807) is 30.3 Å². The molecular formula is C24H17Cl4FN2O3. The van der Waals surface area contributed by atoms with Gasteiger partial charge < -0.3 is 15.4 Å². The zero-order chi connectivity index (χ0) is 24.6. The Morgan fingerprint density at radius 3 is 2.24 bits per heavy atom. The topological polar surface area (TPSA) is 67.4 Å². The summed E-state index contributed by atoms with van der Waals surface area (Å²) in [5, 5.41) is 6.21. The van der Waals surface area contributed by atoms with E-state index >= 15 is 0 Å². The summed E-state index contributed by atoms with van der Waals surface area (Å²) in [4.78, 5) is 25.9. The van der Waals surface area contributed by atoms with Crippen molar-refractivity contribution in [1.82, 2.24) is 0 Å². The summed E-state index contributed by atoms with van der Waals surface area (Å²) in [6, 6.07) is 14.9. The first kappa shape index (κ1) is 24.6. The number of nitrogens with one attached hydrogen (secondary N) is 2. The van der Waals surface area contributed by atoms with Crippen molar-refractivity contribution in [3.05, 3.63) is 87.7 Å². The van der Waals surface area contributed by atoms with Crippen LogP contribution in [0.5, 0.6) is 5.75 Å². The lowest BCUT2D eigenvalue weighted by Gasteiger charge is -2.14. The molecule has 2 amide bonds. The lowest BCUT2D eigenvalue weighted by atomic mass is 10.1. The highest BCUT2D eigenvalue weighted by molar-refractivity contribution is 6.53. The number of anilines is 2. The van der Waals surface area contributed by atoms with Gasteiger partial charge in [0.05, 0.1) is 24.3 Å². The second-order valence-electron chi connectivity index (χ2n) is 7.67. The van der Waals surface area contributed by atoms with Gasteiger partial charge in [-0.25, -0.2) is 4.39 Å². The number of benzene rings is 3. The molecule has 34 heavy (non-hydrogen) atoms. The number of alkyl halides is 2. The van der Waals surface area contributed by atoms with Crippen molar-refractivity contribution in [1.29, 1.82) is 0 Å². The van der Waals surface area contributed by atoms with Crippen LogP contribution in [0.15, 0.2) is 60.7 Å². The number of carbonyl (C=O) groups is 2. The molecule has 2 atom stereocenters. The molecule has 3 aromatic carbocycles. The molecule has 0 heterocycles. The van der Waals surface area contributed by atoms with Gasteiger partial charge in [-0.1, -0.05) is 29.3 Å². The van der Waals surface area contributed by atoms with Crippen molar-refractivity contribution in [2.45, 2.75) is 10.3 Å². The Morgan fingerprint density at radius 2 is 1.62 bits per heavy atom. The molecule has 0 saturated heterocycles. The highest BCUT2D eigenvalue weighted by Crippen LogP contribution is 2.65. The largest absolute Gasteiger partial charge is 0.494 e. The quantitative estimate of drug-likeness (QED) is 0.333. The van der Waals surface area contributed by atoms with Crippen molar-refractivity contribution in [3.8, 4) is 5.75 Å². The number of halogens is 5. The van der Waals surface area contributed by atoms with Crippen LogP contribution in [0.2, 0.25) is 10.0 Å². The SMILES string of the molecule is COc1c(NC(=O)[C@@H]2[C@@H](c3cc(Cl)cc(Cl)c3)C2(Cl)Cl)cccc1C(=O)Nc1ccc(F)cc1. The standard InChI is InChI=1S/C24H17Cl4FN2O3/c1-34-21-17(22(32)30-16-7-5-15(29)6-8-16)3-2-4-18(21)31-23(33)20-19(24(20,27)28)12-9-13(25)11-14(26)10-12/h2-11,19-20H,1H3,(H,30,32)(H,31,33)/t19-,20+/m1/s1. The molecule has 5 nitrogen and oxygen atoms in total. The number of amides is 2. The molecule has 1 aliphatic rings. The van der Waals surface area contributed by atoms with Crippen LogP contribution < -0.4 is 15.4 Å². The Kier molecular flexibility index (Phi) is 6.97. The van der Waals surface area contributed by atoms with E-state index in [9.17, 15) is 14.0 Å². The van der Waals surface area contributed by atoms with E-state index in [1.165, 1.54) is 37.4 Å². The van der Waals surface area contributed by atoms with Crippen LogP contribution in [0.4, 0.5) is 15.8 Å². The van der Waals surface area contributed by atoms with E-state index in [-0.39, 0.29) is 17.0 Å². The number of hydrogen-bond acceptors (Lipinski definition) is 3. The Bertz CT molecular complexity index is 1250. The van der Waals surface area contributed by atoms with E-state index in [2.05, 4.69) is 10.6 Å². The van der Waals surface area contributed by atoms with Crippen molar-refractivity contribution in [2.75, 3.05) is 17.7 Å². The predicted octanol–water partition coefficient (Wildman–Crippen LogP) is 6.92. The van der Waals surface area contributed by atoms with Crippen molar-refractivity contribution in [2.24, 2.45) is 5.92 Å². The lowest BCUT2D eigenvalue weighted by Crippen LogP contribution is -2.19. The van der Waals surface area contributed by atoms with Crippen molar-refractivity contribution in [3.63, 3.8) is 0 Å². The van der Waals surface area contributed by atoms with E-state index in [1.807, 2.05) is 0 Å². The van der Waals surface area contributed by atoms with Crippen LogP contribution in [-0.2, 0) is 4.79 Å². The number of para-hydroxylation sites is 1. The minimum atomic E-state index is -1.36. The first-order valence-corrected chi connectivity index (χ1v) is 11.5. The fraction of sp³-hybridized carbons (Fsp3) is 0.167. The molecule has 0 bridgehead atoms. The molecule has 176 valence electrons. The van der Waals surface area contributed by atoms with E-state index in [4.69, 9.17) is 51.1 Å². The van der Waals surface area contributed by atoms with Gasteiger partial charge in [-0.15, -0.1) is 23.2 Å². The molecule has 1 fully saturated rings. The first-order valence-electron chi connectivity index (χ1n) is 10.0. The van der Waals surface area contributed by atoms with Gasteiger partial charge in [0, 0.05) is 21.7 Å². The summed E-state index contributed by atoms with van der Waals surface area (Å²) in [7, 11) is 1.38. The third kappa shape index (κ3) is 4.96. The fourth-order valence-corrected chi connectivity index (χ4v) is 5.17. The molecule has 1 aliphatic carbocycles. The summed E-state index contributed by atoms with van der Waals surface area (Å²) in [5.74, 6) is -2.54. The second-order valence-corrected chi connectivity index (χ2v) is 9.99. The van der Waals surface area contributed by atoms with Crippen molar-refractivity contribution < 1.29 is 18.7 Å². The van der Waals surface area contributed by atoms with Gasteiger partial charge in [0.1, 0.15) is 10.2 Å². The summed E-state index contributed by atoms with van der Waals surface area (Å²) in [5.41, 5.74) is 1.47. The third-order valence-electron chi connectivity index (χ3n) is 5.40. The molecular weight excluding hydrogens is 525 g/mol. The monoisotopic (exact) mass is 540 g/mol. The molecule has 0 aromatic heterocycles. The first-order chi connectivity index (χ1) is 16.1. The van der Waals surface area contributed by atoms with Crippen LogP contribution in [-0.4, -0.2) is 23.3 Å². The highest BCUT2D eigenvalue weighted by atomic mass is 35.5. The van der Waals surface area contributed by atoms with Gasteiger partial charge in [-0.3, -0.25) is 9.59 Å². The number of hydrogen-bond donors (Lipinski definition) is 2. The average molecular weight is 542 g/mol. The van der Waals surface area contributed by atoms with Crippen LogP contribution in [0.25, 0.3) is 0 Å². The molecule has 2 N–H and O–H groups in total. The van der Waals surface area contributed by atoms with Gasteiger partial charge >= 0.3 is 0 Å². The van der Waals surface area contributed by atoms with Crippen molar-refractivity contribution >= 4 is 69.6 Å². The van der Waals surface area contributed by atoms with Crippen LogP contribution >= 0.6 is 46.4 Å². The van der Waals surface area contributed by atoms with E-state index in [0.717, 1.165) is 0 Å². The maximum Gasteiger partial charge on any atom is 0.259 e. The molecule has 0 unspecified atom stereocenters. The van der Waals surface area contributed by atoms with Gasteiger partial charge in [-0.05, 0) is 60.2 Å². The lowest BCUT2D eigenvalue weighted by molar-refractivity contribution is -0.117. The Balaban J connectivity index is 1.55. The maximum atomic E-state index is 13.1. The van der Waals surface area contributed by atoms with Crippen LogP contribution in [0.1, 0.15) is 21.8 Å². The van der Waals surface area contributed by atoms with Crippen LogP contribution in [0.3, 0.4) is 0 Å². The van der Waals surface area contributed by atoms with Gasteiger partial charge in [0.25, 0.3) is 5.91 Å². The molecule has 0 aliphatic heterocycles. The zero-order valence-electron chi connectivity index (χ0n) is 17.5. The smallest absolute Gasteiger partial charge is 0.259 e. The number of methoxy groups -OCH3 is 1. The minimum Gasteiger partial charge on any atom is -0.494 e. The Hall–Kier alpha value is -2.51. The third-order valence-corrected chi connectivity index (χ3v) is 6.78. The molecule has 0 radical (unpaired) electrons. The highest BCUT2D eigenvalue weighted by Gasteiger charge is 2.67. The molecule has 10 heteroatoms. The van der Waals surface area contributed by atoms with Gasteiger partial charge in [-0.2, -0.15) is 0 Å². The zero-order valence-corrected chi connectivity index (χ0v) is 20.6. The Morgan fingerprint density at radius 1 is 0.971 bits per heavy atom. The number of ether oxygens (including phenoxy) is 1. The molecule has 3 aromatic rings. The van der Waals surface area contributed by atoms with E-state index < -0.39 is 33.8 Å². The van der Waals surface area contributed by atoms with E-state index in [0.29, 0.717) is 21.3 Å². The molecule has 1 saturated carbocycles. The predicted molar refractivity (Wildman–Crippen MR) is 133 cm³/mol. The summed E-state index contributed by atoms with van der Waals surface area (Å²) < 4.78 is 17.2. The van der Waals surface area contributed by atoms with Gasteiger partial charge in [0.2, 0.25) is 5.91 Å². The summed E-state index contributed by atoms with van der Waals surface area (Å²) in [6.07, 6.45) is 0. The van der Waals surface area contributed by atoms with Gasteiger partial charge in [0.15, 0.2) is 5.75 Å². The number of rotatable bonds is 6. The average Bonchev–Trinajstić information content (AvgIpc) is 3.36. The minimum absolute atomic E-state index is 0.146. The molecule has 4 rings (SSSR count). The maximum absolute atomic E-state index is 13.1. The number of carbonyl (C=O) groups excluding carboxylic acids is 2. The van der Waals surface area contributed by atoms with Crippen LogP contribution in [0, 0.1) is 11.7 Å². The molecule has 0 spiro atoms. The summed E-state index contributed by atoms with van der Waals surface area (Å²) in [6.45, 7) is 0. The normalized spacial score (nSPS) is 18.2. The fourth-order valence-electron chi connectivity index (χ4n) is 3.80.